The average Bonchev–Trinajstić information content (AvgIpc) is 3.71. The second-order valence-electron chi connectivity index (χ2n) is 17.9. The molecule has 20 heteroatoms. The zero-order valence-corrected chi connectivity index (χ0v) is 40.5. The van der Waals surface area contributed by atoms with Gasteiger partial charge in [-0.25, -0.2) is 0 Å². The Bertz CT molecular complexity index is 3300. The van der Waals surface area contributed by atoms with Gasteiger partial charge in [0.05, 0.1) is 22.8 Å². The molecule has 368 valence electrons. The molecular formula is C49H56N4O13S3. The molecule has 69 heavy (non-hydrogen) atoms. The largest absolute Gasteiger partial charge is 0.481 e. The van der Waals surface area contributed by atoms with Gasteiger partial charge in [-0.1, -0.05) is 91.4 Å². The van der Waals surface area contributed by atoms with Crippen molar-refractivity contribution >= 4 is 92.3 Å². The van der Waals surface area contributed by atoms with Gasteiger partial charge < -0.3 is 25.2 Å². The Morgan fingerprint density at radius 1 is 0.681 bits per heavy atom. The highest BCUT2D eigenvalue weighted by atomic mass is 32.2. The molecule has 4 aromatic carbocycles. The summed E-state index contributed by atoms with van der Waals surface area (Å²) in [7, 11) is -13.0. The summed E-state index contributed by atoms with van der Waals surface area (Å²) in [4.78, 5) is 42.5. The van der Waals surface area contributed by atoms with Crippen molar-refractivity contribution in [2.24, 2.45) is 5.41 Å². The summed E-state index contributed by atoms with van der Waals surface area (Å²) in [6.07, 6.45) is 10.3. The van der Waals surface area contributed by atoms with Crippen molar-refractivity contribution < 1.29 is 58.4 Å². The van der Waals surface area contributed by atoms with Gasteiger partial charge >= 0.3 is 5.97 Å². The molecular weight excluding hydrogens is 949 g/mol. The fraction of sp³-hybridized carbons (Fsp3) is 0.367. The molecule has 5 aromatic rings. The fourth-order valence-electron chi connectivity index (χ4n) is 9.77. The Kier molecular flexibility index (Phi) is 15.2. The molecule has 17 nitrogen and oxygen atoms in total. The van der Waals surface area contributed by atoms with Gasteiger partial charge in [-0.2, -0.15) is 25.3 Å². The van der Waals surface area contributed by atoms with Crippen LogP contribution in [-0.2, 0) is 56.8 Å². The van der Waals surface area contributed by atoms with Crippen molar-refractivity contribution in [3.63, 3.8) is 0 Å². The first-order chi connectivity index (χ1) is 32.6. The third-order valence-electron chi connectivity index (χ3n) is 12.9. The SMILES string of the molecule is CC1(/C=C/C2=CC(=C/C=c3\c4cccc5cccc(c54)n3CCCS(=O)(=O)O)/CC(C(=O)NCCCCCC(=O)O)(C(=O)NCCS(=O)(=O)O)C2)c2cccc3cccc(c23)N1CCCS(=O)(=O)O. The number of aromatic nitrogens is 1. The Balaban J connectivity index is 1.36. The lowest BCUT2D eigenvalue weighted by Gasteiger charge is -2.38. The van der Waals surface area contributed by atoms with Crippen LogP contribution in [0, 0.1) is 5.41 Å². The van der Waals surface area contributed by atoms with E-state index >= 15 is 0 Å². The van der Waals surface area contributed by atoms with Crippen molar-refractivity contribution in [3.8, 4) is 0 Å². The smallest absolute Gasteiger partial charge is 0.303 e. The number of allylic oxidation sites excluding steroid dienone is 5. The molecule has 7 rings (SSSR count). The minimum Gasteiger partial charge on any atom is -0.481 e. The van der Waals surface area contributed by atoms with Crippen LogP contribution in [0.3, 0.4) is 0 Å². The number of aliphatic carboxylic acids is 1. The second kappa shape index (κ2) is 20.6. The first kappa shape index (κ1) is 51.0. The van der Waals surface area contributed by atoms with Crippen LogP contribution in [0.2, 0.25) is 0 Å². The van der Waals surface area contributed by atoms with E-state index in [1.54, 1.807) is 6.08 Å². The van der Waals surface area contributed by atoms with Crippen molar-refractivity contribution in [2.75, 3.05) is 41.8 Å². The number of carboxylic acid groups (broad SMARTS) is 1. The van der Waals surface area contributed by atoms with Crippen molar-refractivity contribution in [1.29, 1.82) is 0 Å². The molecule has 0 radical (unpaired) electrons. The third kappa shape index (κ3) is 11.9. The maximum Gasteiger partial charge on any atom is 0.303 e. The number of hydrogen-bond acceptors (Lipinski definition) is 10. The van der Waals surface area contributed by atoms with Gasteiger partial charge in [0.25, 0.3) is 30.4 Å². The molecule has 2 unspecified atom stereocenters. The molecule has 6 N–H and O–H groups in total. The van der Waals surface area contributed by atoms with Crippen LogP contribution >= 0.6 is 0 Å². The lowest BCUT2D eigenvalue weighted by molar-refractivity contribution is -0.144. The number of aryl methyl sites for hydroxylation is 1. The first-order valence-corrected chi connectivity index (χ1v) is 27.5. The van der Waals surface area contributed by atoms with Crippen molar-refractivity contribution in [3.05, 3.63) is 119 Å². The standard InChI is InChI=1S/C49H56N4O13S3/c1-48(39-16-6-12-37-14-8-18-42(45(37)39)53(48)27-10-29-68(61,62)63)23-22-35-31-34(20-21-40-38-15-5-11-36-13-7-17-41(44(36)38)52(40)26-9-28-67(58,59)60)32-49(33-35,47(57)51-25-30-69(64,65)66)46(56)50-24-4-2-3-19-43(54)55/h5-8,11-18,20-23,31H,2-4,9-10,19,24-30,32-33H2,1H3,(H,50,56)(H,51,57)(H,54,55)(H,58,59,60)(H,61,62,63)(H,64,65,66)/b23-22+,34-20-,40-21+. The monoisotopic (exact) mass is 1000 g/mol. The van der Waals surface area contributed by atoms with Gasteiger partial charge in [-0.05, 0) is 91.1 Å². The lowest BCUT2D eigenvalue weighted by atomic mass is 9.70. The van der Waals surface area contributed by atoms with E-state index in [0.29, 0.717) is 35.8 Å². The molecule has 2 aliphatic rings. The number of anilines is 1. The molecule has 2 amide bonds. The minimum absolute atomic E-state index is 0.0494. The van der Waals surface area contributed by atoms with E-state index in [1.165, 1.54) is 0 Å². The van der Waals surface area contributed by atoms with Crippen LogP contribution in [0.5, 0.6) is 0 Å². The number of carbonyl (C=O) groups excluding carboxylic acids is 2. The molecule has 0 saturated heterocycles. The number of rotatable bonds is 22. The molecule has 0 spiro atoms. The van der Waals surface area contributed by atoms with Gasteiger partial charge in [0, 0.05) is 65.3 Å². The van der Waals surface area contributed by atoms with E-state index in [0.717, 1.165) is 43.7 Å². The van der Waals surface area contributed by atoms with Gasteiger partial charge in [0.1, 0.15) is 5.41 Å². The molecule has 1 aliphatic heterocycles. The van der Waals surface area contributed by atoms with Crippen LogP contribution < -0.4 is 20.9 Å². The highest BCUT2D eigenvalue weighted by molar-refractivity contribution is 7.86. The normalized spacial score (nSPS) is 19.6. The maximum atomic E-state index is 14.7. The quantitative estimate of drug-likeness (QED) is 0.0276. The van der Waals surface area contributed by atoms with E-state index in [-0.39, 0.29) is 51.7 Å². The van der Waals surface area contributed by atoms with E-state index in [2.05, 4.69) is 15.5 Å². The molecule has 0 fully saturated rings. The molecule has 2 heterocycles. The van der Waals surface area contributed by atoms with Crippen LogP contribution in [-0.4, -0.2) is 103 Å². The number of unbranched alkanes of at least 4 members (excludes halogenated alkanes) is 2. The number of amides is 2. The summed E-state index contributed by atoms with van der Waals surface area (Å²) in [5.41, 5.74) is 0.820. The molecule has 0 saturated carbocycles. The summed E-state index contributed by atoms with van der Waals surface area (Å²) in [6, 6.07) is 23.2. The van der Waals surface area contributed by atoms with Gasteiger partial charge in [-0.3, -0.25) is 28.0 Å². The number of nitrogens with zero attached hydrogens (tertiary/aromatic N) is 2. The van der Waals surface area contributed by atoms with Gasteiger partial charge in [0.15, 0.2) is 0 Å². The summed E-state index contributed by atoms with van der Waals surface area (Å²) in [5, 5.41) is 19.9. The predicted octanol–water partition coefficient (Wildman–Crippen LogP) is 5.69. The predicted molar refractivity (Wildman–Crippen MR) is 265 cm³/mol. The van der Waals surface area contributed by atoms with E-state index < -0.39 is 82.9 Å². The zero-order chi connectivity index (χ0) is 49.8. The number of nitrogens with one attached hydrogen (secondary N) is 2. The van der Waals surface area contributed by atoms with Crippen LogP contribution in [0.25, 0.3) is 38.5 Å². The lowest BCUT2D eigenvalue weighted by Crippen LogP contribution is -2.53. The molecule has 2 atom stereocenters. The Morgan fingerprint density at radius 2 is 1.29 bits per heavy atom. The Labute approximate surface area is 400 Å². The fourth-order valence-corrected chi connectivity index (χ4v) is 11.1. The van der Waals surface area contributed by atoms with Crippen LogP contribution in [0.4, 0.5) is 5.69 Å². The number of carbonyl (C=O) groups is 3. The highest BCUT2D eigenvalue weighted by Gasteiger charge is 2.48. The van der Waals surface area contributed by atoms with E-state index in [1.807, 2.05) is 109 Å². The number of benzene rings is 4. The Hall–Kier alpha value is -5.90. The van der Waals surface area contributed by atoms with Crippen molar-refractivity contribution in [1.82, 2.24) is 15.2 Å². The molecule has 0 bridgehead atoms. The second-order valence-corrected chi connectivity index (χ2v) is 22.6. The van der Waals surface area contributed by atoms with E-state index in [9.17, 15) is 53.3 Å². The van der Waals surface area contributed by atoms with Gasteiger partial charge in [-0.15, -0.1) is 0 Å². The highest BCUT2D eigenvalue weighted by Crippen LogP contribution is 2.49. The summed E-state index contributed by atoms with van der Waals surface area (Å²) in [5.74, 6) is -4.16. The third-order valence-corrected chi connectivity index (χ3v) is 15.2. The number of carboxylic acids is 1. The number of hydrogen-bond donors (Lipinski definition) is 6. The zero-order valence-electron chi connectivity index (χ0n) is 38.0. The summed E-state index contributed by atoms with van der Waals surface area (Å²) in [6.45, 7) is 2.03. The Morgan fingerprint density at radius 3 is 1.96 bits per heavy atom. The summed E-state index contributed by atoms with van der Waals surface area (Å²) >= 11 is 0. The van der Waals surface area contributed by atoms with E-state index in [4.69, 9.17) is 5.11 Å². The average molecular weight is 1010 g/mol. The minimum atomic E-state index is -4.51. The van der Waals surface area contributed by atoms with Crippen LogP contribution in [0.15, 0.2) is 108 Å². The van der Waals surface area contributed by atoms with Crippen LogP contribution in [0.1, 0.15) is 63.9 Å². The first-order valence-electron chi connectivity index (χ1n) is 22.6. The topological polar surface area (TPSA) is 267 Å². The van der Waals surface area contributed by atoms with Gasteiger partial charge in [0.2, 0.25) is 11.8 Å². The molecule has 1 aromatic heterocycles. The summed E-state index contributed by atoms with van der Waals surface area (Å²) < 4.78 is 101. The van der Waals surface area contributed by atoms with Crippen molar-refractivity contribution in [2.45, 2.75) is 70.4 Å². The molecule has 1 aliphatic carbocycles. The maximum absolute atomic E-state index is 14.7.